The van der Waals surface area contributed by atoms with Crippen LogP contribution in [0, 0.1) is 0 Å². The summed E-state index contributed by atoms with van der Waals surface area (Å²) in [6.07, 6.45) is 1.69. The molecule has 0 fully saturated rings. The Kier molecular flexibility index (Phi) is 6.29. The van der Waals surface area contributed by atoms with Crippen molar-refractivity contribution >= 4 is 17.5 Å². The van der Waals surface area contributed by atoms with Gasteiger partial charge in [0.2, 0.25) is 0 Å². The number of nitrogens with zero attached hydrogens (tertiary/aromatic N) is 1. The van der Waals surface area contributed by atoms with E-state index in [-0.39, 0.29) is 0 Å². The van der Waals surface area contributed by atoms with Crippen LogP contribution in [0.4, 0.5) is 0 Å². The molecular formula is C15H19NOS. The highest BCUT2D eigenvalue weighted by Crippen LogP contribution is 2.26. The topological polar surface area (TPSA) is 21.6 Å². The van der Waals surface area contributed by atoms with Gasteiger partial charge < -0.3 is 4.74 Å². The van der Waals surface area contributed by atoms with Crippen molar-refractivity contribution in [2.45, 2.75) is 19.6 Å². The van der Waals surface area contributed by atoms with Crippen LogP contribution in [0.2, 0.25) is 0 Å². The molecule has 0 N–H and O–H groups in total. The molecule has 1 aromatic carbocycles. The number of methoxy groups -OCH3 is 1. The molecule has 0 aliphatic carbocycles. The summed E-state index contributed by atoms with van der Waals surface area (Å²) in [6.45, 7) is 7.69. The van der Waals surface area contributed by atoms with Gasteiger partial charge in [-0.3, -0.25) is 0 Å². The van der Waals surface area contributed by atoms with Crippen molar-refractivity contribution in [3.05, 3.63) is 59.3 Å². The van der Waals surface area contributed by atoms with Crippen molar-refractivity contribution in [2.24, 2.45) is 4.99 Å². The van der Waals surface area contributed by atoms with Gasteiger partial charge in [-0.25, -0.2) is 4.99 Å². The van der Waals surface area contributed by atoms with Crippen LogP contribution in [0.1, 0.15) is 19.4 Å². The highest BCUT2D eigenvalue weighted by molar-refractivity contribution is 8.02. The molecule has 0 aromatic heterocycles. The fourth-order valence-electron chi connectivity index (χ4n) is 1.35. The van der Waals surface area contributed by atoms with Gasteiger partial charge in [-0.2, -0.15) is 0 Å². The Hall–Kier alpha value is -1.48. The highest BCUT2D eigenvalue weighted by Gasteiger charge is 2.05. The van der Waals surface area contributed by atoms with Crippen molar-refractivity contribution in [1.82, 2.24) is 0 Å². The third-order valence-electron chi connectivity index (χ3n) is 2.16. The van der Waals surface area contributed by atoms with Crippen LogP contribution in [0.25, 0.3) is 0 Å². The summed E-state index contributed by atoms with van der Waals surface area (Å²) in [6, 6.07) is 10.3. The Bertz CT molecular complexity index is 445. The minimum absolute atomic E-state index is 0.720. The molecule has 1 aromatic rings. The third-order valence-corrected chi connectivity index (χ3v) is 3.20. The first-order valence-corrected chi connectivity index (χ1v) is 6.75. The maximum absolute atomic E-state index is 5.28. The van der Waals surface area contributed by atoms with Crippen molar-refractivity contribution in [1.29, 1.82) is 0 Å². The molecule has 2 nitrogen and oxygen atoms in total. The molecule has 0 aliphatic heterocycles. The standard InChI is InChI=1S/C15H19NOS/c1-5-14(17-4)15(16-12(2)3)18-11-13-9-7-6-8-10-13/h5-10H,1,11H2,2-4H3. The summed E-state index contributed by atoms with van der Waals surface area (Å²) in [4.78, 5) is 4.50. The van der Waals surface area contributed by atoms with Gasteiger partial charge in [0, 0.05) is 11.5 Å². The summed E-state index contributed by atoms with van der Waals surface area (Å²) < 4.78 is 5.28. The van der Waals surface area contributed by atoms with E-state index < -0.39 is 0 Å². The van der Waals surface area contributed by atoms with Crippen molar-refractivity contribution < 1.29 is 4.74 Å². The van der Waals surface area contributed by atoms with Crippen LogP contribution in [0.5, 0.6) is 0 Å². The molecule has 96 valence electrons. The quantitative estimate of drug-likeness (QED) is 0.430. The van der Waals surface area contributed by atoms with E-state index in [9.17, 15) is 0 Å². The molecule has 3 heteroatoms. The Morgan fingerprint density at radius 1 is 1.33 bits per heavy atom. The van der Waals surface area contributed by atoms with Gasteiger partial charge in [0.05, 0.1) is 7.11 Å². The molecule has 0 aliphatic rings. The largest absolute Gasteiger partial charge is 0.494 e. The zero-order valence-electron chi connectivity index (χ0n) is 11.1. The lowest BCUT2D eigenvalue weighted by molar-refractivity contribution is 0.305. The van der Waals surface area contributed by atoms with E-state index in [0.29, 0.717) is 0 Å². The van der Waals surface area contributed by atoms with E-state index in [1.165, 1.54) is 5.56 Å². The number of aliphatic imine (C=N–C) groups is 1. The number of hydrogen-bond donors (Lipinski definition) is 0. The molecule has 0 heterocycles. The van der Waals surface area contributed by atoms with E-state index in [0.717, 1.165) is 22.3 Å². The summed E-state index contributed by atoms with van der Waals surface area (Å²) in [7, 11) is 1.64. The van der Waals surface area contributed by atoms with Gasteiger partial charge in [0.25, 0.3) is 0 Å². The van der Waals surface area contributed by atoms with Gasteiger partial charge in [0.15, 0.2) is 0 Å². The van der Waals surface area contributed by atoms with Crippen LogP contribution < -0.4 is 0 Å². The van der Waals surface area contributed by atoms with Gasteiger partial charge >= 0.3 is 0 Å². The monoisotopic (exact) mass is 261 g/mol. The van der Waals surface area contributed by atoms with Crippen molar-refractivity contribution in [2.75, 3.05) is 7.11 Å². The lowest BCUT2D eigenvalue weighted by Gasteiger charge is -2.08. The highest BCUT2D eigenvalue weighted by atomic mass is 32.2. The minimum atomic E-state index is 0.720. The van der Waals surface area contributed by atoms with Gasteiger partial charge in [0.1, 0.15) is 10.8 Å². The molecule has 0 bridgehead atoms. The van der Waals surface area contributed by atoms with E-state index >= 15 is 0 Å². The van der Waals surface area contributed by atoms with E-state index in [2.05, 4.69) is 23.7 Å². The first kappa shape index (κ1) is 14.6. The molecular weight excluding hydrogens is 242 g/mol. The third kappa shape index (κ3) is 4.80. The van der Waals surface area contributed by atoms with Crippen LogP contribution >= 0.6 is 11.8 Å². The minimum Gasteiger partial charge on any atom is -0.494 e. The Labute approximate surface area is 113 Å². The summed E-state index contributed by atoms with van der Waals surface area (Å²) in [5.74, 6) is 1.59. The predicted octanol–water partition coefficient (Wildman–Crippen LogP) is 4.40. The molecule has 0 saturated carbocycles. The average molecular weight is 261 g/mol. The SMILES string of the molecule is C=CC(OC)=C(N=C(C)C)SCc1ccccc1. The first-order chi connectivity index (χ1) is 8.67. The average Bonchev–Trinajstić information content (AvgIpc) is 2.38. The zero-order valence-corrected chi connectivity index (χ0v) is 12.0. The Morgan fingerprint density at radius 3 is 2.50 bits per heavy atom. The molecule has 0 unspecified atom stereocenters. The Morgan fingerprint density at radius 2 is 2.00 bits per heavy atom. The maximum atomic E-state index is 5.28. The zero-order chi connectivity index (χ0) is 13.4. The van der Waals surface area contributed by atoms with E-state index in [1.54, 1.807) is 24.9 Å². The molecule has 1 rings (SSSR count). The van der Waals surface area contributed by atoms with E-state index in [4.69, 9.17) is 4.74 Å². The number of rotatable bonds is 6. The molecule has 0 spiro atoms. The Balaban J connectivity index is 2.84. The maximum Gasteiger partial charge on any atom is 0.150 e. The van der Waals surface area contributed by atoms with Gasteiger partial charge in [-0.05, 0) is 25.5 Å². The lowest BCUT2D eigenvalue weighted by Crippen LogP contribution is -1.91. The fourth-order valence-corrected chi connectivity index (χ4v) is 2.40. The molecule has 0 radical (unpaired) electrons. The second-order valence-corrected chi connectivity index (χ2v) is 4.87. The predicted molar refractivity (Wildman–Crippen MR) is 80.8 cm³/mol. The van der Waals surface area contributed by atoms with Crippen LogP contribution in [-0.2, 0) is 10.5 Å². The summed E-state index contributed by atoms with van der Waals surface area (Å²) in [5.41, 5.74) is 2.27. The lowest BCUT2D eigenvalue weighted by atomic mass is 10.2. The van der Waals surface area contributed by atoms with Crippen LogP contribution in [0.15, 0.2) is 58.8 Å². The van der Waals surface area contributed by atoms with E-state index in [1.807, 2.05) is 32.0 Å². The van der Waals surface area contributed by atoms with Crippen molar-refractivity contribution in [3.63, 3.8) is 0 Å². The van der Waals surface area contributed by atoms with Crippen LogP contribution in [-0.4, -0.2) is 12.8 Å². The van der Waals surface area contributed by atoms with Gasteiger partial charge in [-0.15, -0.1) is 0 Å². The smallest absolute Gasteiger partial charge is 0.150 e. The first-order valence-electron chi connectivity index (χ1n) is 5.76. The van der Waals surface area contributed by atoms with Crippen molar-refractivity contribution in [3.8, 4) is 0 Å². The van der Waals surface area contributed by atoms with Gasteiger partial charge in [-0.1, -0.05) is 48.7 Å². The second kappa shape index (κ2) is 7.77. The number of allylic oxidation sites excluding steroid dienone is 1. The summed E-state index contributed by atoms with van der Waals surface area (Å²) in [5, 5.41) is 0.872. The fraction of sp³-hybridized carbons (Fsp3) is 0.267. The second-order valence-electron chi connectivity index (χ2n) is 3.91. The van der Waals surface area contributed by atoms with Crippen LogP contribution in [0.3, 0.4) is 0 Å². The normalized spacial score (nSPS) is 11.5. The molecule has 0 saturated heterocycles. The molecule has 18 heavy (non-hydrogen) atoms. The summed E-state index contributed by atoms with van der Waals surface area (Å²) >= 11 is 1.66. The number of thioether (sulfide) groups is 1. The molecule has 0 atom stereocenters. The number of benzene rings is 1. The number of hydrogen-bond acceptors (Lipinski definition) is 3. The number of ether oxygens (including phenoxy) is 1. The molecule has 0 amide bonds.